The maximum Gasteiger partial charge on any atom is 0.433 e. The molecule has 2 heterocycles. The van der Waals surface area contributed by atoms with Crippen LogP contribution in [0, 0.1) is 5.92 Å². The molecule has 2 aromatic heterocycles. The molecule has 0 spiro atoms. The molecule has 6 nitrogen and oxygen atoms in total. The molecule has 1 atom stereocenters. The van der Waals surface area contributed by atoms with Crippen LogP contribution in [0.4, 0.5) is 13.2 Å². The van der Waals surface area contributed by atoms with Crippen LogP contribution >= 0.6 is 0 Å². The maximum absolute atomic E-state index is 13.4. The Bertz CT molecular complexity index is 1180. The zero-order valence-electron chi connectivity index (χ0n) is 17.0. The molecule has 9 heteroatoms. The van der Waals surface area contributed by atoms with Crippen LogP contribution in [0.2, 0.25) is 0 Å². The highest BCUT2D eigenvalue weighted by molar-refractivity contribution is 5.84. The SMILES string of the molecule is CC(C)c1nc2c(C(O)C3CCC3)c(O)ccc2c(=O)n1-c1ccc(C(F)(F)F)nc1. The van der Waals surface area contributed by atoms with E-state index < -0.39 is 23.5 Å². The third-order valence-electron chi connectivity index (χ3n) is 5.79. The summed E-state index contributed by atoms with van der Waals surface area (Å²) in [6.45, 7) is 3.60. The molecule has 0 bridgehead atoms. The number of rotatable bonds is 4. The number of fused-ring (bicyclic) bond motifs is 1. The van der Waals surface area contributed by atoms with Gasteiger partial charge in [-0.3, -0.25) is 9.36 Å². The zero-order valence-corrected chi connectivity index (χ0v) is 17.0. The average molecular weight is 433 g/mol. The minimum atomic E-state index is -4.59. The van der Waals surface area contributed by atoms with Crippen LogP contribution in [0.15, 0.2) is 35.3 Å². The molecule has 1 aliphatic carbocycles. The summed E-state index contributed by atoms with van der Waals surface area (Å²) < 4.78 is 39.9. The number of halogens is 3. The van der Waals surface area contributed by atoms with Gasteiger partial charge in [-0.05, 0) is 43.0 Å². The fraction of sp³-hybridized carbons (Fsp3) is 0.409. The first-order valence-corrected chi connectivity index (χ1v) is 10.1. The smallest absolute Gasteiger partial charge is 0.433 e. The van der Waals surface area contributed by atoms with E-state index in [4.69, 9.17) is 0 Å². The van der Waals surface area contributed by atoms with Crippen molar-refractivity contribution in [3.63, 3.8) is 0 Å². The van der Waals surface area contributed by atoms with E-state index in [9.17, 15) is 28.2 Å². The number of phenols is 1. The Hall–Kier alpha value is -2.94. The average Bonchev–Trinajstić information content (AvgIpc) is 2.65. The summed E-state index contributed by atoms with van der Waals surface area (Å²) in [6, 6.07) is 4.75. The van der Waals surface area contributed by atoms with E-state index in [0.29, 0.717) is 5.82 Å². The van der Waals surface area contributed by atoms with Gasteiger partial charge in [-0.1, -0.05) is 20.3 Å². The van der Waals surface area contributed by atoms with E-state index in [-0.39, 0.29) is 39.7 Å². The normalized spacial score (nSPS) is 16.0. The Morgan fingerprint density at radius 3 is 2.39 bits per heavy atom. The quantitative estimate of drug-likeness (QED) is 0.634. The van der Waals surface area contributed by atoms with E-state index in [1.165, 1.54) is 22.8 Å². The molecule has 0 amide bonds. The topological polar surface area (TPSA) is 88.2 Å². The van der Waals surface area contributed by atoms with Crippen LogP contribution in [0.5, 0.6) is 5.75 Å². The first-order valence-electron chi connectivity index (χ1n) is 10.1. The van der Waals surface area contributed by atoms with E-state index in [2.05, 4.69) is 9.97 Å². The molecule has 164 valence electrons. The lowest BCUT2D eigenvalue weighted by Gasteiger charge is -2.31. The highest BCUT2D eigenvalue weighted by atomic mass is 19.4. The summed E-state index contributed by atoms with van der Waals surface area (Å²) in [5.41, 5.74) is -0.967. The summed E-state index contributed by atoms with van der Waals surface area (Å²) in [6.07, 6.45) is -1.91. The van der Waals surface area contributed by atoms with Gasteiger partial charge in [0.15, 0.2) is 0 Å². The van der Waals surface area contributed by atoms with Gasteiger partial charge < -0.3 is 10.2 Å². The van der Waals surface area contributed by atoms with Crippen molar-refractivity contribution in [3.05, 3.63) is 57.9 Å². The molecule has 1 fully saturated rings. The molecule has 4 rings (SSSR count). The Morgan fingerprint density at radius 2 is 1.87 bits per heavy atom. The maximum atomic E-state index is 13.4. The first-order chi connectivity index (χ1) is 14.6. The predicted molar refractivity (Wildman–Crippen MR) is 108 cm³/mol. The van der Waals surface area contributed by atoms with Crippen molar-refractivity contribution in [1.82, 2.24) is 14.5 Å². The van der Waals surface area contributed by atoms with Crippen molar-refractivity contribution in [1.29, 1.82) is 0 Å². The van der Waals surface area contributed by atoms with Gasteiger partial charge in [0.05, 0.1) is 28.9 Å². The second-order valence-corrected chi connectivity index (χ2v) is 8.20. The van der Waals surface area contributed by atoms with Gasteiger partial charge in [0, 0.05) is 11.5 Å². The third kappa shape index (κ3) is 3.67. The Kier molecular flexibility index (Phi) is 5.25. The molecule has 31 heavy (non-hydrogen) atoms. The Morgan fingerprint density at radius 1 is 1.16 bits per heavy atom. The molecule has 2 N–H and O–H groups in total. The fourth-order valence-electron chi connectivity index (χ4n) is 3.89. The highest BCUT2D eigenvalue weighted by Crippen LogP contribution is 2.42. The molecule has 1 aliphatic rings. The number of aliphatic hydroxyl groups excluding tert-OH is 1. The van der Waals surface area contributed by atoms with E-state index in [1.807, 2.05) is 0 Å². The predicted octanol–water partition coefficient (Wildman–Crippen LogP) is 4.46. The number of nitrogens with zero attached hydrogens (tertiary/aromatic N) is 3. The lowest BCUT2D eigenvalue weighted by Crippen LogP contribution is -2.26. The van der Waals surface area contributed by atoms with Crippen LogP contribution < -0.4 is 5.56 Å². The number of aliphatic hydroxyl groups is 1. The van der Waals surface area contributed by atoms with Crippen LogP contribution in [-0.2, 0) is 6.18 Å². The van der Waals surface area contributed by atoms with Crippen LogP contribution in [0.1, 0.15) is 62.2 Å². The summed E-state index contributed by atoms with van der Waals surface area (Å²) in [4.78, 5) is 21.4. The summed E-state index contributed by atoms with van der Waals surface area (Å²) in [5, 5.41) is 21.4. The fourth-order valence-corrected chi connectivity index (χ4v) is 3.89. The molecule has 1 aromatic carbocycles. The Labute approximate surface area is 176 Å². The highest BCUT2D eigenvalue weighted by Gasteiger charge is 2.33. The monoisotopic (exact) mass is 433 g/mol. The van der Waals surface area contributed by atoms with Crippen molar-refractivity contribution in [2.24, 2.45) is 5.92 Å². The van der Waals surface area contributed by atoms with E-state index in [0.717, 1.165) is 31.5 Å². The number of aromatic nitrogens is 3. The Balaban J connectivity index is 1.95. The second kappa shape index (κ2) is 7.64. The van der Waals surface area contributed by atoms with Crippen LogP contribution in [0.3, 0.4) is 0 Å². The van der Waals surface area contributed by atoms with Crippen molar-refractivity contribution in [2.45, 2.75) is 51.3 Å². The van der Waals surface area contributed by atoms with Crippen LogP contribution in [0.25, 0.3) is 16.6 Å². The number of hydrogen-bond acceptors (Lipinski definition) is 5. The summed E-state index contributed by atoms with van der Waals surface area (Å²) in [5.74, 6) is -0.119. The van der Waals surface area contributed by atoms with Gasteiger partial charge in [0.2, 0.25) is 0 Å². The number of hydrogen-bond donors (Lipinski definition) is 2. The van der Waals surface area contributed by atoms with E-state index >= 15 is 0 Å². The minimum absolute atomic E-state index is 0.0117. The van der Waals surface area contributed by atoms with Gasteiger partial charge in [-0.25, -0.2) is 9.97 Å². The number of benzene rings is 1. The molecular formula is C22H22F3N3O3. The lowest BCUT2D eigenvalue weighted by molar-refractivity contribution is -0.141. The third-order valence-corrected chi connectivity index (χ3v) is 5.79. The molecule has 0 radical (unpaired) electrons. The molecular weight excluding hydrogens is 411 g/mol. The largest absolute Gasteiger partial charge is 0.507 e. The molecule has 1 saturated carbocycles. The van der Waals surface area contributed by atoms with Crippen molar-refractivity contribution in [2.75, 3.05) is 0 Å². The van der Waals surface area contributed by atoms with Crippen molar-refractivity contribution < 1.29 is 23.4 Å². The standard InChI is InChI=1S/C22H22F3N3O3/c1-11(2)20-27-18-14(7-8-15(29)17(18)19(30)12-4-3-5-12)21(31)28(20)13-6-9-16(26-10-13)22(23,24)25/h6-12,19,29-30H,3-5H2,1-2H3. The summed E-state index contributed by atoms with van der Waals surface area (Å²) >= 11 is 0. The number of alkyl halides is 3. The van der Waals surface area contributed by atoms with Crippen LogP contribution in [-0.4, -0.2) is 24.7 Å². The van der Waals surface area contributed by atoms with Gasteiger partial charge in [-0.2, -0.15) is 13.2 Å². The van der Waals surface area contributed by atoms with Gasteiger partial charge in [0.25, 0.3) is 5.56 Å². The first kappa shape index (κ1) is 21.3. The van der Waals surface area contributed by atoms with Crippen molar-refractivity contribution in [3.8, 4) is 11.4 Å². The molecule has 3 aromatic rings. The van der Waals surface area contributed by atoms with Crippen molar-refractivity contribution >= 4 is 10.9 Å². The number of phenolic OH excluding ortho intramolecular Hbond substituents is 1. The van der Waals surface area contributed by atoms with Gasteiger partial charge in [-0.15, -0.1) is 0 Å². The van der Waals surface area contributed by atoms with Gasteiger partial charge >= 0.3 is 6.18 Å². The number of pyridine rings is 1. The molecule has 1 unspecified atom stereocenters. The lowest BCUT2D eigenvalue weighted by atomic mass is 9.78. The molecule has 0 saturated heterocycles. The number of aromatic hydroxyl groups is 1. The minimum Gasteiger partial charge on any atom is -0.507 e. The van der Waals surface area contributed by atoms with Gasteiger partial charge in [0.1, 0.15) is 17.3 Å². The molecule has 0 aliphatic heterocycles. The van der Waals surface area contributed by atoms with E-state index in [1.54, 1.807) is 13.8 Å². The summed E-state index contributed by atoms with van der Waals surface area (Å²) in [7, 11) is 0. The zero-order chi connectivity index (χ0) is 22.5. The second-order valence-electron chi connectivity index (χ2n) is 8.20.